The molecule has 0 bridgehead atoms. The molecule has 3 aliphatic rings. The monoisotopic (exact) mass is 348 g/mol. The van der Waals surface area contributed by atoms with Crippen LogP contribution in [-0.4, -0.2) is 51.9 Å². The van der Waals surface area contributed by atoms with Crippen molar-refractivity contribution in [1.82, 2.24) is 15.0 Å². The number of nitrogens with zero attached hydrogens (tertiary/aromatic N) is 4. The van der Waals surface area contributed by atoms with Crippen LogP contribution in [0.15, 0.2) is 4.52 Å². The first kappa shape index (κ1) is 16.7. The van der Waals surface area contributed by atoms with Gasteiger partial charge in [-0.15, -0.1) is 0 Å². The van der Waals surface area contributed by atoms with Crippen LogP contribution in [0.25, 0.3) is 0 Å². The van der Waals surface area contributed by atoms with Crippen LogP contribution in [0.2, 0.25) is 0 Å². The highest BCUT2D eigenvalue weighted by molar-refractivity contribution is 5.69. The number of aromatic nitrogens is 2. The molecule has 1 aromatic heterocycles. The summed E-state index contributed by atoms with van der Waals surface area (Å²) in [6, 6.07) is 1.23. The van der Waals surface area contributed by atoms with Crippen LogP contribution in [0.1, 0.15) is 71.0 Å². The first-order chi connectivity index (χ1) is 11.9. The van der Waals surface area contributed by atoms with Crippen molar-refractivity contribution in [2.24, 2.45) is 0 Å². The van der Waals surface area contributed by atoms with Gasteiger partial charge in [0.25, 0.3) is 0 Å². The summed E-state index contributed by atoms with van der Waals surface area (Å²) in [5.41, 5.74) is -0.451. The van der Waals surface area contributed by atoms with Gasteiger partial charge in [-0.05, 0) is 59.3 Å². The zero-order chi connectivity index (χ0) is 17.6. The summed E-state index contributed by atoms with van der Waals surface area (Å²) in [5, 5.41) is 4.10. The van der Waals surface area contributed by atoms with E-state index in [9.17, 15) is 4.79 Å². The van der Waals surface area contributed by atoms with E-state index < -0.39 is 5.60 Å². The van der Waals surface area contributed by atoms with E-state index in [1.54, 1.807) is 0 Å². The van der Waals surface area contributed by atoms with E-state index in [2.05, 4.69) is 15.0 Å². The molecule has 7 nitrogen and oxygen atoms in total. The fourth-order valence-electron chi connectivity index (χ4n) is 3.46. The van der Waals surface area contributed by atoms with E-state index in [1.165, 1.54) is 12.8 Å². The Kier molecular flexibility index (Phi) is 4.12. The highest BCUT2D eigenvalue weighted by Gasteiger charge is 2.41. The molecular weight excluding hydrogens is 320 g/mol. The minimum absolute atomic E-state index is 0.165. The normalized spacial score (nSPS) is 22.1. The van der Waals surface area contributed by atoms with Crippen molar-refractivity contribution in [3.8, 4) is 0 Å². The second-order valence-electron chi connectivity index (χ2n) is 8.55. The fourth-order valence-corrected chi connectivity index (χ4v) is 3.46. The topological polar surface area (TPSA) is 71.7 Å². The van der Waals surface area contributed by atoms with Crippen molar-refractivity contribution in [3.05, 3.63) is 5.82 Å². The molecule has 0 atom stereocenters. The quantitative estimate of drug-likeness (QED) is 0.831. The van der Waals surface area contributed by atoms with Crippen LogP contribution in [0.3, 0.4) is 0 Å². The van der Waals surface area contributed by atoms with Gasteiger partial charge in [0.15, 0.2) is 5.82 Å². The summed E-state index contributed by atoms with van der Waals surface area (Å²) >= 11 is 0. The Morgan fingerprint density at radius 2 is 1.76 bits per heavy atom. The second-order valence-corrected chi connectivity index (χ2v) is 8.55. The molecule has 2 aliphatic carbocycles. The van der Waals surface area contributed by atoms with Gasteiger partial charge in [-0.2, -0.15) is 4.98 Å². The second kappa shape index (κ2) is 6.18. The van der Waals surface area contributed by atoms with E-state index in [4.69, 9.17) is 9.26 Å². The number of anilines is 1. The van der Waals surface area contributed by atoms with Crippen LogP contribution in [0.4, 0.5) is 10.8 Å². The number of carbonyl (C=O) groups excluding carboxylic acids is 1. The van der Waals surface area contributed by atoms with Gasteiger partial charge in [-0.1, -0.05) is 5.16 Å². The lowest BCUT2D eigenvalue weighted by Gasteiger charge is -2.38. The molecular formula is C18H28N4O3. The minimum Gasteiger partial charge on any atom is -0.444 e. The molecule has 0 unspecified atom stereocenters. The maximum atomic E-state index is 12.6. The van der Waals surface area contributed by atoms with Crippen molar-refractivity contribution in [2.75, 3.05) is 18.0 Å². The summed E-state index contributed by atoms with van der Waals surface area (Å²) in [5.74, 6) is 1.36. The van der Waals surface area contributed by atoms with E-state index in [0.29, 0.717) is 18.0 Å². The molecule has 0 aromatic carbocycles. The molecule has 1 aromatic rings. The van der Waals surface area contributed by atoms with Gasteiger partial charge in [-0.3, -0.25) is 0 Å². The van der Waals surface area contributed by atoms with Gasteiger partial charge >= 0.3 is 12.1 Å². The SMILES string of the molecule is CC(C)(C)OC(=O)N(C1CC1)C1CCN(c2nc(C3CC3)no2)CC1. The van der Waals surface area contributed by atoms with Gasteiger partial charge in [0.05, 0.1) is 0 Å². The molecule has 25 heavy (non-hydrogen) atoms. The van der Waals surface area contributed by atoms with Crippen molar-refractivity contribution < 1.29 is 14.1 Å². The number of hydrogen-bond acceptors (Lipinski definition) is 6. The molecule has 0 N–H and O–H groups in total. The molecule has 2 saturated carbocycles. The maximum absolute atomic E-state index is 12.6. The van der Waals surface area contributed by atoms with Gasteiger partial charge < -0.3 is 19.1 Å². The van der Waals surface area contributed by atoms with Gasteiger partial charge in [-0.25, -0.2) is 4.79 Å². The van der Waals surface area contributed by atoms with Crippen molar-refractivity contribution >= 4 is 12.1 Å². The molecule has 0 spiro atoms. The van der Waals surface area contributed by atoms with Crippen LogP contribution in [-0.2, 0) is 4.74 Å². The lowest BCUT2D eigenvalue weighted by atomic mass is 10.0. The molecule has 138 valence electrons. The summed E-state index contributed by atoms with van der Waals surface area (Å²) in [4.78, 5) is 21.3. The third-order valence-corrected chi connectivity index (χ3v) is 5.05. The number of piperidine rings is 1. The van der Waals surface area contributed by atoms with Gasteiger partial charge in [0, 0.05) is 31.1 Å². The number of ether oxygens (including phenoxy) is 1. The van der Waals surface area contributed by atoms with E-state index in [1.807, 2.05) is 25.7 Å². The molecule has 1 amide bonds. The standard InChI is InChI=1S/C18H28N4O3/c1-18(2,3)24-17(23)22(13-6-7-13)14-8-10-21(11-9-14)16-19-15(20-25-16)12-4-5-12/h12-14H,4-11H2,1-3H3. The Morgan fingerprint density at radius 3 is 2.32 bits per heavy atom. The lowest BCUT2D eigenvalue weighted by Crippen LogP contribution is -2.50. The predicted molar refractivity (Wildman–Crippen MR) is 92.6 cm³/mol. The molecule has 7 heteroatoms. The van der Waals surface area contributed by atoms with Gasteiger partial charge in [0.1, 0.15) is 5.60 Å². The molecule has 3 fully saturated rings. The Labute approximate surface area is 148 Å². The highest BCUT2D eigenvalue weighted by Crippen LogP contribution is 2.39. The number of hydrogen-bond donors (Lipinski definition) is 0. The number of amides is 1. The number of rotatable bonds is 4. The Morgan fingerprint density at radius 1 is 1.12 bits per heavy atom. The van der Waals surface area contributed by atoms with Crippen molar-refractivity contribution in [1.29, 1.82) is 0 Å². The summed E-state index contributed by atoms with van der Waals surface area (Å²) < 4.78 is 11.1. The lowest BCUT2D eigenvalue weighted by molar-refractivity contribution is 0.0113. The summed E-state index contributed by atoms with van der Waals surface area (Å²) in [6.45, 7) is 7.44. The molecule has 1 aliphatic heterocycles. The largest absolute Gasteiger partial charge is 0.444 e. The summed E-state index contributed by atoms with van der Waals surface area (Å²) in [7, 11) is 0. The van der Waals surface area contributed by atoms with E-state index >= 15 is 0 Å². The van der Waals surface area contributed by atoms with Crippen LogP contribution < -0.4 is 4.90 Å². The van der Waals surface area contributed by atoms with E-state index in [0.717, 1.165) is 44.6 Å². The van der Waals surface area contributed by atoms with Crippen molar-refractivity contribution in [3.63, 3.8) is 0 Å². The summed E-state index contributed by atoms with van der Waals surface area (Å²) in [6.07, 6.45) is 6.19. The highest BCUT2D eigenvalue weighted by atomic mass is 16.6. The molecule has 1 saturated heterocycles. The van der Waals surface area contributed by atoms with Crippen LogP contribution in [0.5, 0.6) is 0 Å². The average molecular weight is 348 g/mol. The van der Waals surface area contributed by atoms with Crippen LogP contribution in [0, 0.1) is 0 Å². The van der Waals surface area contributed by atoms with Crippen molar-refractivity contribution in [2.45, 2.75) is 82.9 Å². The third-order valence-electron chi connectivity index (χ3n) is 5.05. The zero-order valence-corrected chi connectivity index (χ0v) is 15.4. The third kappa shape index (κ3) is 3.90. The first-order valence-corrected chi connectivity index (χ1v) is 9.50. The fraction of sp³-hybridized carbons (Fsp3) is 0.833. The van der Waals surface area contributed by atoms with E-state index in [-0.39, 0.29) is 12.1 Å². The first-order valence-electron chi connectivity index (χ1n) is 9.50. The smallest absolute Gasteiger partial charge is 0.410 e. The molecule has 0 radical (unpaired) electrons. The van der Waals surface area contributed by atoms with Crippen LogP contribution >= 0.6 is 0 Å². The Hall–Kier alpha value is -1.79. The number of carbonyl (C=O) groups is 1. The predicted octanol–water partition coefficient (Wildman–Crippen LogP) is 3.32. The van der Waals surface area contributed by atoms with Gasteiger partial charge in [0.2, 0.25) is 0 Å². The molecule has 2 heterocycles. The minimum atomic E-state index is -0.451. The Bertz CT molecular complexity index is 623. The average Bonchev–Trinajstić information content (AvgIpc) is 3.47. The molecule has 4 rings (SSSR count). The Balaban J connectivity index is 1.36. The zero-order valence-electron chi connectivity index (χ0n) is 15.4. The maximum Gasteiger partial charge on any atom is 0.410 e.